The lowest BCUT2D eigenvalue weighted by molar-refractivity contribution is -0.0399. The predicted octanol–water partition coefficient (Wildman–Crippen LogP) is 14.5. The molecule has 2 heteroatoms. The van der Waals surface area contributed by atoms with E-state index >= 15 is 0 Å². The van der Waals surface area contributed by atoms with Crippen LogP contribution in [0.1, 0.15) is 43.2 Å². The largest absolute Gasteiger partial charge is 0.310 e. The van der Waals surface area contributed by atoms with Crippen LogP contribution < -0.4 is 4.90 Å². The van der Waals surface area contributed by atoms with Crippen LogP contribution in [-0.2, 0) is 5.41 Å². The first kappa shape index (κ1) is 32.1. The maximum Gasteiger partial charge on any atom is 0.0540 e. The molecule has 262 valence electrons. The van der Waals surface area contributed by atoms with Crippen LogP contribution in [0.5, 0.6) is 0 Å². The molecule has 1 nitrogen and oxygen atoms in total. The van der Waals surface area contributed by atoms with Crippen LogP contribution in [0.15, 0.2) is 170 Å². The van der Waals surface area contributed by atoms with Gasteiger partial charge < -0.3 is 4.90 Å². The normalized spacial score (nSPS) is 23.0. The van der Waals surface area contributed by atoms with E-state index in [4.69, 9.17) is 11.6 Å². The second-order valence-corrected chi connectivity index (χ2v) is 16.7. The van der Waals surface area contributed by atoms with E-state index in [-0.39, 0.29) is 5.41 Å². The van der Waals surface area contributed by atoms with Gasteiger partial charge in [-0.2, -0.15) is 0 Å². The van der Waals surface area contributed by atoms with Gasteiger partial charge in [0.25, 0.3) is 0 Å². The van der Waals surface area contributed by atoms with Crippen LogP contribution >= 0.6 is 11.6 Å². The molecule has 5 aliphatic carbocycles. The Labute approximate surface area is 323 Å². The molecule has 0 atom stereocenters. The molecule has 54 heavy (non-hydrogen) atoms. The summed E-state index contributed by atoms with van der Waals surface area (Å²) in [6.45, 7) is 0. The summed E-state index contributed by atoms with van der Waals surface area (Å²) in [4.78, 5) is 2.46. The van der Waals surface area contributed by atoms with Crippen molar-refractivity contribution in [1.29, 1.82) is 0 Å². The van der Waals surface area contributed by atoms with Crippen LogP contribution in [0.4, 0.5) is 17.1 Å². The van der Waals surface area contributed by atoms with Crippen LogP contribution in [-0.4, -0.2) is 0 Å². The summed E-state index contributed by atoms with van der Waals surface area (Å²) >= 11 is 7.71. The van der Waals surface area contributed by atoms with Crippen molar-refractivity contribution in [3.8, 4) is 44.5 Å². The van der Waals surface area contributed by atoms with E-state index in [1.807, 2.05) is 0 Å². The zero-order chi connectivity index (χ0) is 35.8. The third-order valence-electron chi connectivity index (χ3n) is 13.5. The Morgan fingerprint density at radius 2 is 0.963 bits per heavy atom. The van der Waals surface area contributed by atoms with Crippen molar-refractivity contribution in [3.63, 3.8) is 0 Å². The average molecular weight is 716 g/mol. The first-order chi connectivity index (χ1) is 26.6. The van der Waals surface area contributed by atoms with Gasteiger partial charge in [-0.3, -0.25) is 0 Å². The first-order valence-electron chi connectivity index (χ1n) is 19.8. The molecule has 7 aromatic carbocycles. The van der Waals surface area contributed by atoms with E-state index in [9.17, 15) is 0 Å². The molecular formula is C52H42ClN. The lowest BCUT2D eigenvalue weighted by atomic mass is 9.43. The van der Waals surface area contributed by atoms with E-state index in [1.165, 1.54) is 87.7 Å². The molecular weight excluding hydrogens is 674 g/mol. The molecule has 0 aliphatic heterocycles. The van der Waals surface area contributed by atoms with Gasteiger partial charge >= 0.3 is 0 Å². The molecule has 1 spiro atoms. The van der Waals surface area contributed by atoms with Crippen molar-refractivity contribution in [1.82, 2.24) is 0 Å². The molecule has 0 N–H and O–H groups in total. The van der Waals surface area contributed by atoms with E-state index in [1.54, 1.807) is 0 Å². The second-order valence-electron chi connectivity index (χ2n) is 16.3. The summed E-state index contributed by atoms with van der Waals surface area (Å²) in [6, 6.07) is 62.4. The molecule has 4 bridgehead atoms. The molecule has 0 aromatic heterocycles. The molecule has 0 radical (unpaired) electrons. The monoisotopic (exact) mass is 715 g/mol. The molecule has 0 heterocycles. The fraction of sp³-hybridized carbons (Fsp3) is 0.192. The van der Waals surface area contributed by atoms with Gasteiger partial charge in [-0.15, -0.1) is 0 Å². The Hall–Kier alpha value is -5.37. The van der Waals surface area contributed by atoms with Crippen molar-refractivity contribution < 1.29 is 0 Å². The van der Waals surface area contributed by atoms with Crippen molar-refractivity contribution in [3.05, 3.63) is 186 Å². The minimum absolute atomic E-state index is 0.0374. The third-order valence-corrected chi connectivity index (χ3v) is 13.8. The Bertz CT molecular complexity index is 2480. The topological polar surface area (TPSA) is 3.24 Å². The van der Waals surface area contributed by atoms with Gasteiger partial charge in [0.05, 0.1) is 10.7 Å². The fourth-order valence-electron chi connectivity index (χ4n) is 11.6. The van der Waals surface area contributed by atoms with E-state index in [2.05, 4.69) is 175 Å². The summed E-state index contributed by atoms with van der Waals surface area (Å²) in [5.41, 5.74) is 16.4. The number of benzene rings is 7. The van der Waals surface area contributed by atoms with Crippen molar-refractivity contribution >= 4 is 28.7 Å². The highest BCUT2D eigenvalue weighted by molar-refractivity contribution is 6.34. The Kier molecular flexibility index (Phi) is 7.49. The first-order valence-corrected chi connectivity index (χ1v) is 20.2. The van der Waals surface area contributed by atoms with Crippen LogP contribution in [0.25, 0.3) is 44.5 Å². The standard InChI is InChI=1S/C52H42ClN/c53-49-33-44(54(43-23-20-38(21-24-43)36-12-4-1-5-13-36)50-19-11-10-18-45(50)39-16-8-3-9-17-39)32-48-51(49)46-25-22-40(37-14-6-2-7-15-37)31-47(46)52(48)41-27-34-26-35(29-41)30-42(52)28-34/h1-25,31-35,41-42H,26-30H2. The lowest BCUT2D eigenvalue weighted by Gasteiger charge is -2.61. The smallest absolute Gasteiger partial charge is 0.0540 e. The highest BCUT2D eigenvalue weighted by Crippen LogP contribution is 2.70. The minimum atomic E-state index is -0.0374. The molecule has 0 unspecified atom stereocenters. The van der Waals surface area contributed by atoms with Crippen molar-refractivity contribution in [2.75, 3.05) is 4.90 Å². The Morgan fingerprint density at radius 3 is 1.61 bits per heavy atom. The summed E-state index contributed by atoms with van der Waals surface area (Å²) in [6.07, 6.45) is 6.72. The van der Waals surface area contributed by atoms with Gasteiger partial charge in [-0.25, -0.2) is 0 Å². The van der Waals surface area contributed by atoms with Gasteiger partial charge in [0.15, 0.2) is 0 Å². The Balaban J connectivity index is 1.14. The molecule has 4 saturated carbocycles. The maximum atomic E-state index is 7.71. The highest BCUT2D eigenvalue weighted by atomic mass is 35.5. The van der Waals surface area contributed by atoms with Crippen LogP contribution in [0.3, 0.4) is 0 Å². The summed E-state index contributed by atoms with van der Waals surface area (Å²) in [5, 5.41) is 0.852. The molecule has 5 aliphatic rings. The zero-order valence-electron chi connectivity index (χ0n) is 30.3. The van der Waals surface area contributed by atoms with Crippen LogP contribution in [0, 0.1) is 23.7 Å². The number of anilines is 3. The fourth-order valence-corrected chi connectivity index (χ4v) is 11.9. The van der Waals surface area contributed by atoms with Crippen LogP contribution in [0.2, 0.25) is 5.02 Å². The molecule has 7 aromatic rings. The lowest BCUT2D eigenvalue weighted by Crippen LogP contribution is -2.55. The summed E-state index contributed by atoms with van der Waals surface area (Å²) in [5.74, 6) is 2.97. The van der Waals surface area contributed by atoms with Crippen molar-refractivity contribution in [2.45, 2.75) is 37.5 Å². The van der Waals surface area contributed by atoms with E-state index in [0.29, 0.717) is 11.8 Å². The number of hydrogen-bond donors (Lipinski definition) is 0. The van der Waals surface area contributed by atoms with Gasteiger partial charge in [-0.05, 0) is 137 Å². The summed E-state index contributed by atoms with van der Waals surface area (Å²) in [7, 11) is 0. The molecule has 4 fully saturated rings. The molecule has 0 saturated heterocycles. The van der Waals surface area contributed by atoms with E-state index in [0.717, 1.165) is 33.9 Å². The maximum absolute atomic E-state index is 7.71. The van der Waals surface area contributed by atoms with Gasteiger partial charge in [0.1, 0.15) is 0 Å². The highest BCUT2D eigenvalue weighted by Gasteiger charge is 2.62. The zero-order valence-corrected chi connectivity index (χ0v) is 31.1. The number of halogens is 1. The van der Waals surface area contributed by atoms with Gasteiger partial charge in [0, 0.05) is 27.9 Å². The number of nitrogens with zero attached hydrogens (tertiary/aromatic N) is 1. The SMILES string of the molecule is Clc1cc(N(c2ccc(-c3ccccc3)cc2)c2ccccc2-c2ccccc2)cc2c1-c1ccc(-c3ccccc3)cc1C21C2CC3CC(C2)CC1C3. The number of para-hydroxylation sites is 1. The van der Waals surface area contributed by atoms with E-state index < -0.39 is 0 Å². The third kappa shape index (κ3) is 4.91. The predicted molar refractivity (Wildman–Crippen MR) is 226 cm³/mol. The van der Waals surface area contributed by atoms with Gasteiger partial charge in [0.2, 0.25) is 0 Å². The number of fused-ring (bicyclic) bond motifs is 3. The minimum Gasteiger partial charge on any atom is -0.310 e. The molecule has 12 rings (SSSR count). The number of hydrogen-bond acceptors (Lipinski definition) is 1. The van der Waals surface area contributed by atoms with Crippen molar-refractivity contribution in [2.24, 2.45) is 23.7 Å². The molecule has 0 amide bonds. The summed E-state index contributed by atoms with van der Waals surface area (Å²) < 4.78 is 0. The Morgan fingerprint density at radius 1 is 0.426 bits per heavy atom. The number of rotatable bonds is 6. The second kappa shape index (κ2) is 12.6. The van der Waals surface area contributed by atoms with Gasteiger partial charge in [-0.1, -0.05) is 145 Å². The quantitative estimate of drug-likeness (QED) is 0.166. The average Bonchev–Trinajstić information content (AvgIpc) is 3.51.